The van der Waals surface area contributed by atoms with E-state index in [0.29, 0.717) is 4.99 Å². The zero-order chi connectivity index (χ0) is 5.82. The van der Waals surface area contributed by atoms with E-state index in [1.54, 1.807) is 12.3 Å². The molecule has 1 N–H and O–H groups in total. The van der Waals surface area contributed by atoms with Gasteiger partial charge in [0.2, 0.25) is 0 Å². The lowest BCUT2D eigenvalue weighted by Gasteiger charge is -1.87. The van der Waals surface area contributed by atoms with Crippen LogP contribution in [0, 0.1) is 0 Å². The molecule has 0 aliphatic carbocycles. The summed E-state index contributed by atoms with van der Waals surface area (Å²) in [7, 11) is 0. The van der Waals surface area contributed by atoms with E-state index in [0.717, 1.165) is 0 Å². The van der Waals surface area contributed by atoms with Crippen LogP contribution in [0.1, 0.15) is 0 Å². The molecule has 0 saturated heterocycles. The van der Waals surface area contributed by atoms with Gasteiger partial charge in [0.15, 0.2) is 0 Å². The van der Waals surface area contributed by atoms with Crippen molar-refractivity contribution < 1.29 is 4.74 Å². The van der Waals surface area contributed by atoms with Gasteiger partial charge in [-0.3, -0.25) is 0 Å². The Labute approximate surface area is 52.8 Å². The maximum atomic E-state index is 4.76. The highest BCUT2D eigenvalue weighted by Gasteiger charge is 1.86. The van der Waals surface area contributed by atoms with E-state index in [1.165, 1.54) is 12.5 Å². The summed E-state index contributed by atoms with van der Waals surface area (Å²) in [6.07, 6.45) is 6.37. The van der Waals surface area contributed by atoms with E-state index in [9.17, 15) is 0 Å². The van der Waals surface area contributed by atoms with Crippen molar-refractivity contribution in [3.63, 3.8) is 0 Å². The van der Waals surface area contributed by atoms with E-state index in [-0.39, 0.29) is 0 Å². The highest BCUT2D eigenvalue weighted by molar-refractivity contribution is 7.80. The lowest BCUT2D eigenvalue weighted by molar-refractivity contribution is 0.403. The summed E-state index contributed by atoms with van der Waals surface area (Å²) in [4.78, 5) is 0.666. The van der Waals surface area contributed by atoms with Gasteiger partial charge in [-0.25, -0.2) is 0 Å². The molecular weight excluding hydrogens is 122 g/mol. The molecule has 0 fully saturated rings. The zero-order valence-electron chi connectivity index (χ0n) is 4.13. The summed E-state index contributed by atoms with van der Waals surface area (Å²) >= 11 is 4.76. The fourth-order valence-corrected chi connectivity index (χ4v) is 0.474. The van der Waals surface area contributed by atoms with Crippen molar-refractivity contribution in [2.24, 2.45) is 0 Å². The Morgan fingerprint density at radius 1 is 1.50 bits per heavy atom. The van der Waals surface area contributed by atoms with Gasteiger partial charge in [0.1, 0.15) is 11.3 Å². The molecule has 0 radical (unpaired) electrons. The van der Waals surface area contributed by atoms with Crippen molar-refractivity contribution in [1.29, 1.82) is 0 Å². The quantitative estimate of drug-likeness (QED) is 0.489. The predicted octanol–water partition coefficient (Wildman–Crippen LogP) is 0.919. The van der Waals surface area contributed by atoms with Crippen molar-refractivity contribution in [3.8, 4) is 0 Å². The minimum absolute atomic E-state index is 0.666. The molecule has 3 heteroatoms. The first-order valence-corrected chi connectivity index (χ1v) is 2.58. The number of ether oxygens (including phenoxy) is 1. The third-order valence-corrected chi connectivity index (χ3v) is 0.924. The Balaban J connectivity index is 2.61. The molecule has 0 spiro atoms. The van der Waals surface area contributed by atoms with Gasteiger partial charge in [-0.2, -0.15) is 0 Å². The van der Waals surface area contributed by atoms with Crippen LogP contribution >= 0.6 is 12.2 Å². The topological polar surface area (TPSA) is 21.3 Å². The molecule has 0 saturated carbocycles. The Kier molecular flexibility index (Phi) is 1.64. The first-order valence-electron chi connectivity index (χ1n) is 2.17. The van der Waals surface area contributed by atoms with Crippen molar-refractivity contribution in [3.05, 3.63) is 24.8 Å². The zero-order valence-corrected chi connectivity index (χ0v) is 4.94. The number of hydrogen-bond donors (Lipinski definition) is 1. The summed E-state index contributed by atoms with van der Waals surface area (Å²) in [5, 5.41) is 2.78. The number of rotatable bonds is 0. The SMILES string of the molecule is S=C1C=COC=CN1. The molecule has 0 amide bonds. The Morgan fingerprint density at radius 2 is 2.38 bits per heavy atom. The molecule has 2 nitrogen and oxygen atoms in total. The number of thiocarbonyl (C=S) groups is 1. The van der Waals surface area contributed by atoms with Crippen LogP contribution in [-0.2, 0) is 4.74 Å². The first-order chi connectivity index (χ1) is 3.89. The van der Waals surface area contributed by atoms with Crippen molar-refractivity contribution in [2.45, 2.75) is 0 Å². The Morgan fingerprint density at radius 3 is 3.25 bits per heavy atom. The molecule has 42 valence electrons. The maximum Gasteiger partial charge on any atom is 0.106 e. The second-order valence-corrected chi connectivity index (χ2v) is 1.69. The largest absolute Gasteiger partial charge is 0.471 e. The van der Waals surface area contributed by atoms with Crippen LogP contribution in [0.4, 0.5) is 0 Å². The van der Waals surface area contributed by atoms with Gasteiger partial charge in [-0.05, 0) is 0 Å². The minimum Gasteiger partial charge on any atom is -0.471 e. The van der Waals surface area contributed by atoms with E-state index < -0.39 is 0 Å². The van der Waals surface area contributed by atoms with Crippen molar-refractivity contribution in [1.82, 2.24) is 5.32 Å². The Bertz CT molecular complexity index is 151. The molecule has 0 aromatic rings. The molecule has 1 aliphatic rings. The number of nitrogens with one attached hydrogen (secondary N) is 1. The standard InChI is InChI=1S/C5H5NOS/c8-5-1-3-7-4-2-6-5/h1-4H,(H,6,8). The Hall–Kier alpha value is -0.830. The minimum atomic E-state index is 0.666. The summed E-state index contributed by atoms with van der Waals surface area (Å²) in [6.45, 7) is 0. The van der Waals surface area contributed by atoms with E-state index in [1.807, 2.05) is 0 Å². The fraction of sp³-hybridized carbons (Fsp3) is 0. The molecule has 0 aromatic heterocycles. The molecule has 8 heavy (non-hydrogen) atoms. The molecule has 1 rings (SSSR count). The second kappa shape index (κ2) is 2.47. The van der Waals surface area contributed by atoms with E-state index in [2.05, 4.69) is 5.32 Å². The van der Waals surface area contributed by atoms with Crippen molar-refractivity contribution >= 4 is 17.2 Å². The van der Waals surface area contributed by atoms with Crippen LogP contribution in [0.2, 0.25) is 0 Å². The molecule has 0 aromatic carbocycles. The van der Waals surface area contributed by atoms with Gasteiger partial charge in [0.25, 0.3) is 0 Å². The summed E-state index contributed by atoms with van der Waals surface area (Å²) in [5.41, 5.74) is 0. The second-order valence-electron chi connectivity index (χ2n) is 1.25. The third-order valence-electron chi connectivity index (χ3n) is 0.670. The number of hydrogen-bond acceptors (Lipinski definition) is 2. The van der Waals surface area contributed by atoms with Gasteiger partial charge in [-0.1, -0.05) is 12.2 Å². The molecule has 0 bridgehead atoms. The normalized spacial score (nSPS) is 16.8. The fourth-order valence-electron chi connectivity index (χ4n) is 0.350. The molecule has 1 heterocycles. The van der Waals surface area contributed by atoms with E-state index >= 15 is 0 Å². The lowest BCUT2D eigenvalue weighted by Crippen LogP contribution is -2.09. The lowest BCUT2D eigenvalue weighted by atomic mass is 10.6. The van der Waals surface area contributed by atoms with Gasteiger partial charge >= 0.3 is 0 Å². The van der Waals surface area contributed by atoms with Crippen LogP contribution in [0.3, 0.4) is 0 Å². The van der Waals surface area contributed by atoms with Crippen LogP contribution < -0.4 is 5.32 Å². The van der Waals surface area contributed by atoms with Gasteiger partial charge < -0.3 is 10.1 Å². The smallest absolute Gasteiger partial charge is 0.106 e. The van der Waals surface area contributed by atoms with Gasteiger partial charge in [-0.15, -0.1) is 0 Å². The maximum absolute atomic E-state index is 4.76. The van der Waals surface area contributed by atoms with Crippen LogP contribution in [-0.4, -0.2) is 4.99 Å². The van der Waals surface area contributed by atoms with Crippen LogP contribution in [0.25, 0.3) is 0 Å². The first kappa shape index (κ1) is 5.31. The van der Waals surface area contributed by atoms with Gasteiger partial charge in [0, 0.05) is 12.3 Å². The summed E-state index contributed by atoms with van der Waals surface area (Å²) < 4.78 is 4.75. The average molecular weight is 127 g/mol. The predicted molar refractivity (Wildman–Crippen MR) is 35.1 cm³/mol. The monoisotopic (exact) mass is 127 g/mol. The third kappa shape index (κ3) is 1.35. The van der Waals surface area contributed by atoms with Crippen molar-refractivity contribution in [2.75, 3.05) is 0 Å². The van der Waals surface area contributed by atoms with Crippen LogP contribution in [0.15, 0.2) is 24.8 Å². The van der Waals surface area contributed by atoms with Crippen LogP contribution in [0.5, 0.6) is 0 Å². The summed E-state index contributed by atoms with van der Waals surface area (Å²) in [5.74, 6) is 0. The average Bonchev–Trinajstić information content (AvgIpc) is 1.94. The molecular formula is C5H5NOS. The van der Waals surface area contributed by atoms with E-state index in [4.69, 9.17) is 17.0 Å². The molecule has 1 aliphatic heterocycles. The highest BCUT2D eigenvalue weighted by Crippen LogP contribution is 1.86. The highest BCUT2D eigenvalue weighted by atomic mass is 32.1. The van der Waals surface area contributed by atoms with Gasteiger partial charge in [0.05, 0.1) is 6.26 Å². The molecule has 0 unspecified atom stereocenters. The molecule has 0 atom stereocenters. The summed E-state index contributed by atoms with van der Waals surface area (Å²) in [6, 6.07) is 0.